The molecule has 6 atom stereocenters. The average Bonchev–Trinajstić information content (AvgIpc) is 2.99. The average molecular weight is 468 g/mol. The molecule has 11 nitrogen and oxygen atoms in total. The van der Waals surface area contributed by atoms with Crippen molar-refractivity contribution in [3.05, 3.63) is 32.6 Å². The van der Waals surface area contributed by atoms with Crippen molar-refractivity contribution in [3.63, 3.8) is 0 Å². The SMILES string of the molecule is CCC(F)(C[C@H]1O[C@@H](c2c[nH]c(=O)n(C)c2=O)[C@H](O)[C@@H]1O)OP(=O)(O)C(O)(CC)CC. The molecular formula is C18H30FN2O9P. The van der Waals surface area contributed by atoms with E-state index >= 15 is 4.39 Å². The molecule has 1 aliphatic heterocycles. The normalized spacial score (nSPS) is 28.3. The number of H-pyrrole nitrogens is 1. The second kappa shape index (κ2) is 9.22. The molecule has 0 aliphatic carbocycles. The molecule has 5 N–H and O–H groups in total. The summed E-state index contributed by atoms with van der Waals surface area (Å²) in [6.07, 6.45) is -6.51. The first-order valence-electron chi connectivity index (χ1n) is 10.0. The molecule has 1 saturated heterocycles. The van der Waals surface area contributed by atoms with Crippen LogP contribution in [-0.4, -0.2) is 59.3 Å². The number of alkyl halides is 1. The van der Waals surface area contributed by atoms with Crippen LogP contribution < -0.4 is 11.2 Å². The topological polar surface area (TPSA) is 171 Å². The Kier molecular flexibility index (Phi) is 7.69. The number of aliphatic hydroxyl groups excluding tert-OH is 2. The molecule has 0 radical (unpaired) electrons. The zero-order chi connectivity index (χ0) is 23.8. The predicted octanol–water partition coefficient (Wildman–Crippen LogP) is 0.412. The van der Waals surface area contributed by atoms with Gasteiger partial charge in [0, 0.05) is 26.1 Å². The number of hydrogen-bond donors (Lipinski definition) is 5. The smallest absolute Gasteiger partial charge is 0.362 e. The van der Waals surface area contributed by atoms with E-state index in [0.29, 0.717) is 0 Å². The maximum absolute atomic E-state index is 15.4. The van der Waals surface area contributed by atoms with E-state index in [2.05, 4.69) is 4.98 Å². The molecule has 0 spiro atoms. The first-order valence-corrected chi connectivity index (χ1v) is 11.6. The minimum Gasteiger partial charge on any atom is -0.388 e. The summed E-state index contributed by atoms with van der Waals surface area (Å²) in [4.78, 5) is 36.4. The monoisotopic (exact) mass is 468 g/mol. The van der Waals surface area contributed by atoms with E-state index in [1.165, 1.54) is 27.8 Å². The zero-order valence-electron chi connectivity index (χ0n) is 17.8. The number of aromatic amines is 1. The quantitative estimate of drug-likeness (QED) is 0.322. The fourth-order valence-electron chi connectivity index (χ4n) is 3.47. The Bertz CT molecular complexity index is 947. The lowest BCUT2D eigenvalue weighted by Crippen LogP contribution is -2.40. The van der Waals surface area contributed by atoms with Crippen LogP contribution in [0.2, 0.25) is 0 Å². The lowest BCUT2D eigenvalue weighted by molar-refractivity contribution is -0.129. The molecule has 1 fully saturated rings. The van der Waals surface area contributed by atoms with E-state index in [1.54, 1.807) is 0 Å². The van der Waals surface area contributed by atoms with Gasteiger partial charge in [0.25, 0.3) is 5.56 Å². The molecule has 0 amide bonds. The van der Waals surface area contributed by atoms with E-state index < -0.39 is 67.3 Å². The zero-order valence-corrected chi connectivity index (χ0v) is 18.7. The Hall–Kier alpha value is -1.40. The molecule has 0 saturated carbocycles. The van der Waals surface area contributed by atoms with Gasteiger partial charge in [-0.15, -0.1) is 0 Å². The van der Waals surface area contributed by atoms with Crippen LogP contribution in [-0.2, 0) is 20.9 Å². The summed E-state index contributed by atoms with van der Waals surface area (Å²) >= 11 is 0. The summed E-state index contributed by atoms with van der Waals surface area (Å²) in [6, 6.07) is 0. The van der Waals surface area contributed by atoms with Gasteiger partial charge in [-0.25, -0.2) is 9.18 Å². The van der Waals surface area contributed by atoms with Crippen LogP contribution in [0.3, 0.4) is 0 Å². The third-order valence-electron chi connectivity index (χ3n) is 5.86. The fourth-order valence-corrected chi connectivity index (χ4v) is 5.08. The minimum absolute atomic E-state index is 0.155. The predicted molar refractivity (Wildman–Crippen MR) is 107 cm³/mol. The number of rotatable bonds is 9. The number of aliphatic hydroxyl groups is 3. The molecule has 2 rings (SSSR count). The molecular weight excluding hydrogens is 438 g/mol. The van der Waals surface area contributed by atoms with Crippen molar-refractivity contribution in [2.24, 2.45) is 7.05 Å². The summed E-state index contributed by atoms with van der Waals surface area (Å²) in [5, 5.41) is 28.9. The van der Waals surface area contributed by atoms with Crippen LogP contribution >= 0.6 is 7.60 Å². The van der Waals surface area contributed by atoms with Crippen LogP contribution in [0.5, 0.6) is 0 Å². The second-order valence-corrected chi connectivity index (χ2v) is 9.79. The summed E-state index contributed by atoms with van der Waals surface area (Å²) in [6.45, 7) is 4.25. The third kappa shape index (κ3) is 4.85. The van der Waals surface area contributed by atoms with Gasteiger partial charge in [-0.05, 0) is 12.8 Å². The Morgan fingerprint density at radius 3 is 2.32 bits per heavy atom. The third-order valence-corrected chi connectivity index (χ3v) is 8.12. The number of nitrogens with one attached hydrogen (secondary N) is 1. The summed E-state index contributed by atoms with van der Waals surface area (Å²) < 4.78 is 39.2. The molecule has 13 heteroatoms. The highest BCUT2D eigenvalue weighted by atomic mass is 31.2. The van der Waals surface area contributed by atoms with E-state index in [1.807, 2.05) is 0 Å². The van der Waals surface area contributed by atoms with Crippen LogP contribution in [0.25, 0.3) is 0 Å². The maximum atomic E-state index is 15.4. The van der Waals surface area contributed by atoms with Crippen LogP contribution in [0, 0.1) is 0 Å². The van der Waals surface area contributed by atoms with Crippen molar-refractivity contribution in [1.82, 2.24) is 9.55 Å². The van der Waals surface area contributed by atoms with Gasteiger partial charge in [-0.2, -0.15) is 0 Å². The molecule has 1 aromatic heterocycles. The second-order valence-electron chi connectivity index (χ2n) is 7.73. The van der Waals surface area contributed by atoms with Crippen LogP contribution in [0.15, 0.2) is 15.8 Å². The molecule has 0 bridgehead atoms. The number of hydrogen-bond acceptors (Lipinski definition) is 8. The van der Waals surface area contributed by atoms with Gasteiger partial charge in [0.1, 0.15) is 18.3 Å². The molecule has 0 aromatic carbocycles. The summed E-state index contributed by atoms with van der Waals surface area (Å²) in [5.41, 5.74) is -1.62. The van der Waals surface area contributed by atoms with E-state index in [-0.39, 0.29) is 18.4 Å². The van der Waals surface area contributed by atoms with Crippen molar-refractivity contribution in [1.29, 1.82) is 0 Å². The van der Waals surface area contributed by atoms with E-state index in [9.17, 15) is 34.4 Å². The van der Waals surface area contributed by atoms with Crippen molar-refractivity contribution < 1.29 is 38.4 Å². The molecule has 1 aliphatic rings. The maximum Gasteiger partial charge on any atom is 0.362 e. The molecule has 178 valence electrons. The Morgan fingerprint density at radius 2 is 1.81 bits per heavy atom. The largest absolute Gasteiger partial charge is 0.388 e. The van der Waals surface area contributed by atoms with Crippen molar-refractivity contribution >= 4 is 7.60 Å². The highest BCUT2D eigenvalue weighted by molar-refractivity contribution is 7.54. The molecule has 2 heterocycles. The highest BCUT2D eigenvalue weighted by Gasteiger charge is 2.53. The first-order chi connectivity index (χ1) is 14.3. The Morgan fingerprint density at radius 1 is 1.23 bits per heavy atom. The van der Waals surface area contributed by atoms with Crippen molar-refractivity contribution in [3.8, 4) is 0 Å². The lowest BCUT2D eigenvalue weighted by atomic mass is 9.99. The van der Waals surface area contributed by atoms with Crippen LogP contribution in [0.4, 0.5) is 4.39 Å². The summed E-state index contributed by atoms with van der Waals surface area (Å²) in [7, 11) is -3.64. The van der Waals surface area contributed by atoms with Crippen molar-refractivity contribution in [2.45, 2.75) is 82.1 Å². The van der Waals surface area contributed by atoms with Gasteiger partial charge in [0.05, 0.1) is 11.7 Å². The number of halogens is 1. The van der Waals surface area contributed by atoms with E-state index in [0.717, 1.165) is 10.8 Å². The van der Waals surface area contributed by atoms with Gasteiger partial charge < -0.3 is 29.9 Å². The minimum atomic E-state index is -4.85. The summed E-state index contributed by atoms with van der Waals surface area (Å²) in [5.74, 6) is -2.78. The van der Waals surface area contributed by atoms with Gasteiger partial charge >= 0.3 is 13.3 Å². The Balaban J connectivity index is 2.28. The van der Waals surface area contributed by atoms with E-state index in [4.69, 9.17) is 9.26 Å². The molecule has 31 heavy (non-hydrogen) atoms. The Labute approximate surface area is 178 Å². The van der Waals surface area contributed by atoms with Gasteiger partial charge in [0.2, 0.25) is 5.85 Å². The lowest BCUT2D eigenvalue weighted by Gasteiger charge is -2.36. The highest BCUT2D eigenvalue weighted by Crippen LogP contribution is 2.61. The first kappa shape index (κ1) is 25.9. The van der Waals surface area contributed by atoms with Gasteiger partial charge in [-0.3, -0.25) is 18.5 Å². The van der Waals surface area contributed by atoms with Crippen LogP contribution in [0.1, 0.15) is 58.1 Å². The number of aromatic nitrogens is 2. The standard InChI is InChI=1S/C18H30FN2O9P/c1-5-17(19,30-31(27,28)18(26,6-2)7-3)8-11-12(22)13(23)14(29-11)10-9-20-16(25)21(4)15(10)24/h9,11-14,22-23,26H,5-8H2,1-4H3,(H,20,25)(H,27,28)/t11-,12-,13-,14+,17?/m1/s1. The van der Waals surface area contributed by atoms with Gasteiger partial charge in [-0.1, -0.05) is 20.8 Å². The molecule has 2 unspecified atom stereocenters. The fraction of sp³-hybridized carbons (Fsp3) is 0.778. The molecule has 1 aromatic rings. The van der Waals surface area contributed by atoms with Gasteiger partial charge in [0.15, 0.2) is 5.34 Å². The van der Waals surface area contributed by atoms with Crippen molar-refractivity contribution in [2.75, 3.05) is 0 Å². The number of ether oxygens (including phenoxy) is 1. The number of nitrogens with zero attached hydrogens (tertiary/aromatic N) is 1.